The van der Waals surface area contributed by atoms with Crippen LogP contribution in [0, 0.1) is 0 Å². The molecule has 2 aliphatic heterocycles. The summed E-state index contributed by atoms with van der Waals surface area (Å²) in [7, 11) is 3.20. The molecule has 0 radical (unpaired) electrons. The summed E-state index contributed by atoms with van der Waals surface area (Å²) in [6.45, 7) is 4.54. The van der Waals surface area contributed by atoms with Crippen LogP contribution in [0.1, 0.15) is 11.9 Å². The van der Waals surface area contributed by atoms with Gasteiger partial charge in [-0.15, -0.1) is 0 Å². The number of methoxy groups -OCH3 is 2. The maximum absolute atomic E-state index is 6.03. The van der Waals surface area contributed by atoms with E-state index in [2.05, 4.69) is 6.58 Å². The Labute approximate surface area is 124 Å². The average Bonchev–Trinajstić information content (AvgIpc) is 2.55. The topological polar surface area (TPSA) is 46.2 Å². The van der Waals surface area contributed by atoms with Gasteiger partial charge in [0.25, 0.3) is 0 Å². The van der Waals surface area contributed by atoms with Crippen molar-refractivity contribution < 1.29 is 23.7 Å². The lowest BCUT2D eigenvalue weighted by molar-refractivity contribution is -0.316. The zero-order valence-corrected chi connectivity index (χ0v) is 12.2. The fourth-order valence-electron chi connectivity index (χ4n) is 2.77. The van der Waals surface area contributed by atoms with Crippen LogP contribution in [0.3, 0.4) is 0 Å². The Hall–Kier alpha value is -1.24. The lowest BCUT2D eigenvalue weighted by Gasteiger charge is -2.45. The van der Waals surface area contributed by atoms with Crippen LogP contribution in [-0.4, -0.2) is 45.4 Å². The summed E-state index contributed by atoms with van der Waals surface area (Å²) in [6.07, 6.45) is -1.73. The fraction of sp³-hybridized carbons (Fsp3) is 0.500. The molecular weight excluding hydrogens is 272 g/mol. The van der Waals surface area contributed by atoms with Crippen molar-refractivity contribution in [3.05, 3.63) is 48.0 Å². The third-order valence-electron chi connectivity index (χ3n) is 3.86. The molecule has 2 heterocycles. The van der Waals surface area contributed by atoms with E-state index < -0.39 is 12.6 Å². The first-order valence-electron chi connectivity index (χ1n) is 6.96. The minimum atomic E-state index is -0.482. The van der Waals surface area contributed by atoms with Crippen LogP contribution < -0.4 is 0 Å². The Morgan fingerprint density at radius 1 is 1.10 bits per heavy atom. The number of ether oxygens (including phenoxy) is 5. The zero-order chi connectivity index (χ0) is 14.8. The first-order chi connectivity index (χ1) is 10.2. The lowest BCUT2D eigenvalue weighted by Crippen LogP contribution is -2.55. The first kappa shape index (κ1) is 14.7. The molecule has 5 atom stereocenters. The van der Waals surface area contributed by atoms with Crippen molar-refractivity contribution in [2.45, 2.75) is 30.9 Å². The molecule has 5 unspecified atom stereocenters. The van der Waals surface area contributed by atoms with Crippen molar-refractivity contribution in [2.75, 3.05) is 20.8 Å². The third kappa shape index (κ3) is 2.75. The molecule has 0 aromatic heterocycles. The van der Waals surface area contributed by atoms with Crippen LogP contribution in [0.15, 0.2) is 42.5 Å². The molecule has 2 aliphatic rings. The summed E-state index contributed by atoms with van der Waals surface area (Å²) >= 11 is 0. The van der Waals surface area contributed by atoms with Crippen LogP contribution >= 0.6 is 0 Å². The van der Waals surface area contributed by atoms with E-state index in [1.54, 1.807) is 14.2 Å². The van der Waals surface area contributed by atoms with Gasteiger partial charge in [0.1, 0.15) is 18.3 Å². The molecule has 5 nitrogen and oxygen atoms in total. The largest absolute Gasteiger partial charge is 0.372 e. The molecule has 0 bridgehead atoms. The Morgan fingerprint density at radius 3 is 2.52 bits per heavy atom. The van der Waals surface area contributed by atoms with E-state index >= 15 is 0 Å². The molecule has 21 heavy (non-hydrogen) atoms. The second-order valence-electron chi connectivity index (χ2n) is 5.14. The third-order valence-corrected chi connectivity index (χ3v) is 3.86. The van der Waals surface area contributed by atoms with Gasteiger partial charge < -0.3 is 23.7 Å². The summed E-state index contributed by atoms with van der Waals surface area (Å²) in [6, 6.07) is 9.83. The molecule has 0 saturated carbocycles. The van der Waals surface area contributed by atoms with E-state index in [0.29, 0.717) is 6.61 Å². The molecule has 0 N–H and O–H groups in total. The molecule has 0 amide bonds. The summed E-state index contributed by atoms with van der Waals surface area (Å²) in [5.74, 6) is 0. The maximum atomic E-state index is 6.03. The molecule has 2 saturated heterocycles. The highest BCUT2D eigenvalue weighted by atomic mass is 16.7. The molecule has 1 aromatic carbocycles. The molecule has 0 aliphatic carbocycles. The Morgan fingerprint density at radius 2 is 1.86 bits per heavy atom. The summed E-state index contributed by atoms with van der Waals surface area (Å²) < 4.78 is 28.4. The van der Waals surface area contributed by atoms with Gasteiger partial charge in [0.15, 0.2) is 12.6 Å². The van der Waals surface area contributed by atoms with E-state index in [9.17, 15) is 0 Å². The highest BCUT2D eigenvalue weighted by Gasteiger charge is 2.46. The summed E-state index contributed by atoms with van der Waals surface area (Å²) in [5, 5.41) is 0. The Bertz CT molecular complexity index is 489. The Kier molecular flexibility index (Phi) is 4.37. The number of rotatable bonds is 3. The van der Waals surface area contributed by atoms with Gasteiger partial charge in [0.05, 0.1) is 6.61 Å². The number of benzene rings is 1. The Balaban J connectivity index is 1.77. The normalized spacial score (nSPS) is 36.3. The lowest BCUT2D eigenvalue weighted by atomic mass is 9.96. The predicted molar refractivity (Wildman–Crippen MR) is 75.6 cm³/mol. The molecule has 5 heteroatoms. The van der Waals surface area contributed by atoms with E-state index in [4.69, 9.17) is 23.7 Å². The summed E-state index contributed by atoms with van der Waals surface area (Å²) in [4.78, 5) is 0. The van der Waals surface area contributed by atoms with E-state index in [0.717, 1.165) is 11.1 Å². The van der Waals surface area contributed by atoms with Crippen molar-refractivity contribution in [3.8, 4) is 0 Å². The van der Waals surface area contributed by atoms with Crippen LogP contribution in [0.25, 0.3) is 0 Å². The van der Waals surface area contributed by atoms with Crippen molar-refractivity contribution >= 4 is 0 Å². The van der Waals surface area contributed by atoms with Gasteiger partial charge in [-0.2, -0.15) is 0 Å². The van der Waals surface area contributed by atoms with Gasteiger partial charge in [-0.05, 0) is 5.57 Å². The molecule has 0 spiro atoms. The van der Waals surface area contributed by atoms with Gasteiger partial charge in [0, 0.05) is 19.8 Å². The highest BCUT2D eigenvalue weighted by molar-refractivity contribution is 5.20. The van der Waals surface area contributed by atoms with E-state index in [1.807, 2.05) is 30.3 Å². The summed E-state index contributed by atoms with van der Waals surface area (Å²) in [5.41, 5.74) is 1.80. The average molecular weight is 292 g/mol. The second kappa shape index (κ2) is 6.25. The molecule has 1 aromatic rings. The smallest absolute Gasteiger partial charge is 0.187 e. The molecule has 3 rings (SSSR count). The van der Waals surface area contributed by atoms with Crippen molar-refractivity contribution in [2.24, 2.45) is 0 Å². The first-order valence-corrected chi connectivity index (χ1v) is 6.96. The van der Waals surface area contributed by atoms with Crippen molar-refractivity contribution in [3.63, 3.8) is 0 Å². The van der Waals surface area contributed by atoms with Crippen LogP contribution in [0.5, 0.6) is 0 Å². The minimum absolute atomic E-state index is 0.228. The van der Waals surface area contributed by atoms with Gasteiger partial charge in [0.2, 0.25) is 0 Å². The maximum Gasteiger partial charge on any atom is 0.187 e. The standard InChI is InChI=1S/C16H20O5/c1-10-13-12(20-16(18-3)14(10)17-2)9-19-15(21-13)11-7-5-4-6-8-11/h4-8,12-16H,1,9H2,2-3H3. The highest BCUT2D eigenvalue weighted by Crippen LogP contribution is 2.36. The van der Waals surface area contributed by atoms with Gasteiger partial charge in [-0.1, -0.05) is 36.9 Å². The number of hydrogen-bond donors (Lipinski definition) is 0. The predicted octanol–water partition coefficient (Wildman–Crippen LogP) is 2.04. The second-order valence-corrected chi connectivity index (χ2v) is 5.14. The van der Waals surface area contributed by atoms with Gasteiger partial charge in [-0.3, -0.25) is 0 Å². The van der Waals surface area contributed by atoms with Crippen molar-refractivity contribution in [1.82, 2.24) is 0 Å². The molecule has 114 valence electrons. The van der Waals surface area contributed by atoms with Crippen molar-refractivity contribution in [1.29, 1.82) is 0 Å². The fourth-order valence-corrected chi connectivity index (χ4v) is 2.77. The molecular formula is C16H20O5. The van der Waals surface area contributed by atoms with E-state index in [1.165, 1.54) is 0 Å². The minimum Gasteiger partial charge on any atom is -0.372 e. The van der Waals surface area contributed by atoms with Gasteiger partial charge >= 0.3 is 0 Å². The van der Waals surface area contributed by atoms with Gasteiger partial charge in [-0.25, -0.2) is 0 Å². The SMILES string of the molecule is C=C1C2OC(c3ccccc3)OCC2OC(OC)C1OC. The number of fused-ring (bicyclic) bond motifs is 1. The van der Waals surface area contributed by atoms with E-state index in [-0.39, 0.29) is 18.3 Å². The monoisotopic (exact) mass is 292 g/mol. The molecule has 2 fully saturated rings. The van der Waals surface area contributed by atoms with Crippen LogP contribution in [-0.2, 0) is 23.7 Å². The quantitative estimate of drug-likeness (QED) is 0.798. The van der Waals surface area contributed by atoms with Crippen LogP contribution in [0.4, 0.5) is 0 Å². The zero-order valence-electron chi connectivity index (χ0n) is 12.2. The number of hydrogen-bond acceptors (Lipinski definition) is 5. The van der Waals surface area contributed by atoms with Crippen LogP contribution in [0.2, 0.25) is 0 Å².